The molecule has 0 N–H and O–H groups in total. The van der Waals surface area contributed by atoms with Crippen molar-refractivity contribution in [3.8, 4) is 0 Å². The van der Waals surface area contributed by atoms with Gasteiger partial charge >= 0.3 is 0 Å². The monoisotopic (exact) mass is 351 g/mol. The Balaban J connectivity index is 2.00. The Morgan fingerprint density at radius 3 is 2.19 bits per heavy atom. The molecule has 0 saturated carbocycles. The molecule has 21 heavy (non-hydrogen) atoms. The SMILES string of the molecule is CCC1(CC)CCN(C(C)C(=O)c2ccc(Br)cc2)CC1. The molecular weight excluding hydrogens is 326 g/mol. The van der Waals surface area contributed by atoms with Gasteiger partial charge in [-0.3, -0.25) is 9.69 Å². The first-order valence-corrected chi connectivity index (χ1v) is 8.84. The number of Topliss-reactive ketones (excluding diaryl/α,β-unsaturated/α-hetero) is 1. The molecule has 0 spiro atoms. The van der Waals surface area contributed by atoms with E-state index in [1.807, 2.05) is 24.3 Å². The van der Waals surface area contributed by atoms with Gasteiger partial charge in [-0.2, -0.15) is 0 Å². The fraction of sp³-hybridized carbons (Fsp3) is 0.611. The Bertz CT molecular complexity index is 468. The van der Waals surface area contributed by atoms with Crippen LogP contribution in [0.3, 0.4) is 0 Å². The zero-order valence-corrected chi connectivity index (χ0v) is 14.9. The first-order valence-electron chi connectivity index (χ1n) is 8.05. The largest absolute Gasteiger partial charge is 0.293 e. The Hall–Kier alpha value is -0.670. The third-order valence-corrected chi connectivity index (χ3v) is 5.94. The quantitative estimate of drug-likeness (QED) is 0.701. The highest BCUT2D eigenvalue weighted by atomic mass is 79.9. The van der Waals surface area contributed by atoms with Crippen molar-refractivity contribution in [2.24, 2.45) is 5.41 Å². The number of carbonyl (C=O) groups excluding carboxylic acids is 1. The summed E-state index contributed by atoms with van der Waals surface area (Å²) in [6, 6.07) is 7.69. The summed E-state index contributed by atoms with van der Waals surface area (Å²) in [7, 11) is 0. The summed E-state index contributed by atoms with van der Waals surface area (Å²) >= 11 is 3.41. The van der Waals surface area contributed by atoms with Crippen LogP contribution < -0.4 is 0 Å². The number of nitrogens with zero attached hydrogens (tertiary/aromatic N) is 1. The van der Waals surface area contributed by atoms with E-state index in [0.29, 0.717) is 5.41 Å². The van der Waals surface area contributed by atoms with E-state index in [1.165, 1.54) is 25.7 Å². The van der Waals surface area contributed by atoms with Crippen LogP contribution in [-0.2, 0) is 0 Å². The van der Waals surface area contributed by atoms with Crippen LogP contribution in [0.1, 0.15) is 56.8 Å². The van der Waals surface area contributed by atoms with Crippen molar-refractivity contribution in [2.75, 3.05) is 13.1 Å². The van der Waals surface area contributed by atoms with Gasteiger partial charge in [-0.25, -0.2) is 0 Å². The minimum absolute atomic E-state index is 0.0158. The van der Waals surface area contributed by atoms with Gasteiger partial charge in [0, 0.05) is 10.0 Å². The van der Waals surface area contributed by atoms with Gasteiger partial charge in [0.1, 0.15) is 0 Å². The lowest BCUT2D eigenvalue weighted by Gasteiger charge is -2.42. The molecule has 1 aromatic carbocycles. The van der Waals surface area contributed by atoms with Crippen molar-refractivity contribution >= 4 is 21.7 Å². The van der Waals surface area contributed by atoms with E-state index in [0.717, 1.165) is 23.1 Å². The van der Waals surface area contributed by atoms with Gasteiger partial charge in [0.25, 0.3) is 0 Å². The Morgan fingerprint density at radius 2 is 1.71 bits per heavy atom. The van der Waals surface area contributed by atoms with Gasteiger partial charge in [-0.05, 0) is 50.4 Å². The van der Waals surface area contributed by atoms with Crippen molar-refractivity contribution in [2.45, 2.75) is 52.5 Å². The van der Waals surface area contributed by atoms with Crippen LogP contribution in [0.4, 0.5) is 0 Å². The van der Waals surface area contributed by atoms with Crippen molar-refractivity contribution < 1.29 is 4.79 Å². The van der Waals surface area contributed by atoms with Gasteiger partial charge in [0.2, 0.25) is 0 Å². The molecule has 1 aromatic rings. The standard InChI is InChI=1S/C18H26BrNO/c1-4-18(5-2)10-12-20(13-11-18)14(3)17(21)15-6-8-16(19)9-7-15/h6-9,14H,4-5,10-13H2,1-3H3. The minimum Gasteiger partial charge on any atom is -0.293 e. The van der Waals surface area contributed by atoms with Crippen LogP contribution in [-0.4, -0.2) is 29.8 Å². The maximum absolute atomic E-state index is 12.6. The average molecular weight is 352 g/mol. The summed E-state index contributed by atoms with van der Waals surface area (Å²) < 4.78 is 1.01. The zero-order chi connectivity index (χ0) is 15.5. The Labute approximate surface area is 137 Å². The molecule has 1 saturated heterocycles. The summed E-state index contributed by atoms with van der Waals surface area (Å²) in [6.07, 6.45) is 4.95. The molecule has 1 fully saturated rings. The predicted molar refractivity (Wildman–Crippen MR) is 91.8 cm³/mol. The lowest BCUT2D eigenvalue weighted by atomic mass is 9.74. The van der Waals surface area contributed by atoms with Gasteiger partial charge < -0.3 is 0 Å². The predicted octanol–water partition coefficient (Wildman–Crippen LogP) is 4.92. The third kappa shape index (κ3) is 3.75. The average Bonchev–Trinajstić information content (AvgIpc) is 2.54. The summed E-state index contributed by atoms with van der Waals surface area (Å²) in [6.45, 7) is 8.75. The van der Waals surface area contributed by atoms with Crippen molar-refractivity contribution in [3.63, 3.8) is 0 Å². The van der Waals surface area contributed by atoms with E-state index in [9.17, 15) is 4.79 Å². The number of likely N-dealkylation sites (tertiary alicyclic amines) is 1. The molecule has 0 bridgehead atoms. The highest BCUT2D eigenvalue weighted by Gasteiger charge is 2.34. The van der Waals surface area contributed by atoms with E-state index in [1.54, 1.807) is 0 Å². The van der Waals surface area contributed by atoms with E-state index in [-0.39, 0.29) is 11.8 Å². The van der Waals surface area contributed by atoms with Gasteiger partial charge in [-0.15, -0.1) is 0 Å². The lowest BCUT2D eigenvalue weighted by molar-refractivity contribution is 0.0574. The van der Waals surface area contributed by atoms with Crippen molar-refractivity contribution in [3.05, 3.63) is 34.3 Å². The molecule has 2 rings (SSSR count). The number of carbonyl (C=O) groups is 1. The Kier molecular flexibility index (Phi) is 5.61. The summed E-state index contributed by atoms with van der Waals surface area (Å²) in [4.78, 5) is 15.0. The van der Waals surface area contributed by atoms with Crippen LogP contribution in [0.2, 0.25) is 0 Å². The zero-order valence-electron chi connectivity index (χ0n) is 13.4. The van der Waals surface area contributed by atoms with Crippen LogP contribution in [0.15, 0.2) is 28.7 Å². The molecule has 0 radical (unpaired) electrons. The molecule has 1 aliphatic heterocycles. The molecule has 116 valence electrons. The number of ketones is 1. The van der Waals surface area contributed by atoms with Crippen LogP contribution >= 0.6 is 15.9 Å². The number of rotatable bonds is 5. The normalized spacial score (nSPS) is 20.2. The van der Waals surface area contributed by atoms with Crippen molar-refractivity contribution in [1.29, 1.82) is 0 Å². The summed E-state index contributed by atoms with van der Waals surface area (Å²) in [5.41, 5.74) is 1.32. The molecule has 3 heteroatoms. The first-order chi connectivity index (χ1) is 10.0. The third-order valence-electron chi connectivity index (χ3n) is 5.41. The molecule has 2 nitrogen and oxygen atoms in total. The number of piperidine rings is 1. The molecule has 1 atom stereocenters. The maximum Gasteiger partial charge on any atom is 0.179 e. The van der Waals surface area contributed by atoms with E-state index < -0.39 is 0 Å². The van der Waals surface area contributed by atoms with Gasteiger partial charge in [0.15, 0.2) is 5.78 Å². The topological polar surface area (TPSA) is 20.3 Å². The fourth-order valence-corrected chi connectivity index (χ4v) is 3.63. The molecule has 1 heterocycles. The van der Waals surface area contributed by atoms with Crippen LogP contribution in [0, 0.1) is 5.41 Å². The summed E-state index contributed by atoms with van der Waals surface area (Å²) in [5.74, 6) is 0.239. The number of hydrogen-bond acceptors (Lipinski definition) is 2. The highest BCUT2D eigenvalue weighted by Crippen LogP contribution is 2.38. The minimum atomic E-state index is -0.0158. The highest BCUT2D eigenvalue weighted by molar-refractivity contribution is 9.10. The first kappa shape index (κ1) is 16.7. The lowest BCUT2D eigenvalue weighted by Crippen LogP contribution is -2.46. The van der Waals surface area contributed by atoms with Crippen molar-refractivity contribution in [1.82, 2.24) is 4.90 Å². The number of hydrogen-bond donors (Lipinski definition) is 0. The second-order valence-corrected chi connectivity index (χ2v) is 7.21. The smallest absolute Gasteiger partial charge is 0.179 e. The van der Waals surface area contributed by atoms with Crippen LogP contribution in [0.25, 0.3) is 0 Å². The Morgan fingerprint density at radius 1 is 1.19 bits per heavy atom. The molecule has 0 aliphatic carbocycles. The maximum atomic E-state index is 12.6. The van der Waals surface area contributed by atoms with Gasteiger partial charge in [-0.1, -0.05) is 54.8 Å². The molecule has 0 amide bonds. The van der Waals surface area contributed by atoms with Crippen LogP contribution in [0.5, 0.6) is 0 Å². The summed E-state index contributed by atoms with van der Waals surface area (Å²) in [5, 5.41) is 0. The van der Waals surface area contributed by atoms with E-state index in [2.05, 4.69) is 41.6 Å². The van der Waals surface area contributed by atoms with E-state index >= 15 is 0 Å². The molecule has 1 unspecified atom stereocenters. The van der Waals surface area contributed by atoms with Gasteiger partial charge in [0.05, 0.1) is 6.04 Å². The number of halogens is 1. The number of benzene rings is 1. The molecular formula is C18H26BrNO. The second kappa shape index (κ2) is 7.06. The molecule has 0 aromatic heterocycles. The fourth-order valence-electron chi connectivity index (χ4n) is 3.36. The second-order valence-electron chi connectivity index (χ2n) is 6.29. The van der Waals surface area contributed by atoms with E-state index in [4.69, 9.17) is 0 Å². The molecule has 1 aliphatic rings.